The Morgan fingerprint density at radius 1 is 1.32 bits per heavy atom. The lowest BCUT2D eigenvalue weighted by molar-refractivity contribution is 0.154. The number of halogens is 1. The van der Waals surface area contributed by atoms with E-state index in [1.54, 1.807) is 12.1 Å². The molecular formula is C17H22ClN3O. The first-order valence-electron chi connectivity index (χ1n) is 8.01. The van der Waals surface area contributed by atoms with Crippen molar-refractivity contribution in [3.05, 3.63) is 28.8 Å². The van der Waals surface area contributed by atoms with Gasteiger partial charge in [-0.3, -0.25) is 0 Å². The molecule has 0 spiro atoms. The number of nitrogens with zero attached hydrogens (tertiary/aromatic N) is 2. The van der Waals surface area contributed by atoms with Crippen molar-refractivity contribution in [2.45, 2.75) is 25.3 Å². The zero-order valence-electron chi connectivity index (χ0n) is 12.7. The molecule has 2 aliphatic rings. The van der Waals surface area contributed by atoms with E-state index < -0.39 is 0 Å². The third kappa shape index (κ3) is 3.92. The minimum Gasteiger partial charge on any atom is -0.381 e. The van der Waals surface area contributed by atoms with Gasteiger partial charge in [0.05, 0.1) is 17.9 Å². The third-order valence-corrected chi connectivity index (χ3v) is 4.82. The van der Waals surface area contributed by atoms with Crippen LogP contribution in [0, 0.1) is 17.2 Å². The zero-order valence-corrected chi connectivity index (χ0v) is 13.5. The van der Waals surface area contributed by atoms with Gasteiger partial charge in [-0.1, -0.05) is 11.6 Å². The molecule has 0 bridgehead atoms. The Morgan fingerprint density at radius 2 is 2.14 bits per heavy atom. The molecule has 1 aromatic rings. The number of hydrogen-bond donors (Lipinski definition) is 1. The maximum absolute atomic E-state index is 9.19. The Morgan fingerprint density at radius 3 is 2.82 bits per heavy atom. The fourth-order valence-corrected chi connectivity index (χ4v) is 3.48. The van der Waals surface area contributed by atoms with E-state index in [1.165, 1.54) is 6.42 Å². The Kier molecular flexibility index (Phi) is 5.20. The second kappa shape index (κ2) is 7.32. The van der Waals surface area contributed by atoms with Gasteiger partial charge in [0, 0.05) is 37.3 Å². The molecule has 22 heavy (non-hydrogen) atoms. The van der Waals surface area contributed by atoms with Crippen LogP contribution in [0.5, 0.6) is 0 Å². The van der Waals surface area contributed by atoms with Gasteiger partial charge in [0.15, 0.2) is 0 Å². The lowest BCUT2D eigenvalue weighted by atomic mass is 10.0. The van der Waals surface area contributed by atoms with Crippen molar-refractivity contribution in [2.75, 3.05) is 38.2 Å². The van der Waals surface area contributed by atoms with E-state index in [-0.39, 0.29) is 0 Å². The number of nitriles is 1. The highest BCUT2D eigenvalue weighted by Crippen LogP contribution is 2.24. The summed E-state index contributed by atoms with van der Waals surface area (Å²) >= 11 is 6.04. The molecule has 2 heterocycles. The van der Waals surface area contributed by atoms with E-state index in [9.17, 15) is 5.26 Å². The van der Waals surface area contributed by atoms with Crippen LogP contribution < -0.4 is 5.32 Å². The topological polar surface area (TPSA) is 48.3 Å². The summed E-state index contributed by atoms with van der Waals surface area (Å²) in [5, 5.41) is 13.4. The first-order valence-corrected chi connectivity index (χ1v) is 8.38. The van der Waals surface area contributed by atoms with Crippen molar-refractivity contribution < 1.29 is 4.74 Å². The molecule has 0 aliphatic carbocycles. The van der Waals surface area contributed by atoms with Crippen molar-refractivity contribution in [3.8, 4) is 6.07 Å². The van der Waals surface area contributed by atoms with Gasteiger partial charge >= 0.3 is 0 Å². The molecule has 0 radical (unpaired) electrons. The molecule has 0 aromatic heterocycles. The monoisotopic (exact) mass is 319 g/mol. The maximum Gasteiger partial charge on any atom is 0.101 e. The minimum atomic E-state index is 0.418. The van der Waals surface area contributed by atoms with Crippen molar-refractivity contribution in [1.29, 1.82) is 5.26 Å². The second-order valence-electron chi connectivity index (χ2n) is 6.25. The summed E-state index contributed by atoms with van der Waals surface area (Å²) in [6, 6.07) is 8.03. The minimum absolute atomic E-state index is 0.418. The van der Waals surface area contributed by atoms with Crippen LogP contribution in [-0.2, 0) is 4.74 Å². The number of likely N-dealkylation sites (tertiary alicyclic amines) is 1. The standard InChI is InChI=1S/C17H22ClN3O/c18-15-2-1-14(10-19)17(9-15)20-16-3-6-21(7-4-16)11-13-5-8-22-12-13/h1-2,9,13,16,20H,3-8,11-12H2. The van der Waals surface area contributed by atoms with Crippen LogP contribution >= 0.6 is 11.6 Å². The molecule has 2 saturated heterocycles. The number of anilines is 1. The average molecular weight is 320 g/mol. The van der Waals surface area contributed by atoms with E-state index in [1.807, 2.05) is 6.07 Å². The van der Waals surface area contributed by atoms with E-state index in [0.717, 1.165) is 51.4 Å². The van der Waals surface area contributed by atoms with E-state index in [4.69, 9.17) is 16.3 Å². The summed E-state index contributed by atoms with van der Waals surface area (Å²) in [5.41, 5.74) is 1.52. The molecule has 2 aliphatic heterocycles. The maximum atomic E-state index is 9.19. The highest BCUT2D eigenvalue weighted by atomic mass is 35.5. The number of benzene rings is 1. The van der Waals surface area contributed by atoms with Crippen LogP contribution in [0.3, 0.4) is 0 Å². The fraction of sp³-hybridized carbons (Fsp3) is 0.588. The number of piperidine rings is 1. The Hall–Kier alpha value is -1.28. The lowest BCUT2D eigenvalue weighted by Crippen LogP contribution is -2.41. The molecule has 1 atom stereocenters. The van der Waals surface area contributed by atoms with Crippen LogP contribution in [0.4, 0.5) is 5.69 Å². The Labute approximate surface area is 137 Å². The summed E-state index contributed by atoms with van der Waals surface area (Å²) in [6.45, 7) is 5.22. The van der Waals surface area contributed by atoms with Crippen LogP contribution in [-0.4, -0.2) is 43.8 Å². The van der Waals surface area contributed by atoms with Gasteiger partial charge in [-0.25, -0.2) is 0 Å². The molecule has 1 aromatic carbocycles. The Bertz CT molecular complexity index is 543. The Balaban J connectivity index is 1.51. The number of hydrogen-bond acceptors (Lipinski definition) is 4. The molecule has 0 amide bonds. The van der Waals surface area contributed by atoms with Crippen molar-refractivity contribution in [1.82, 2.24) is 4.90 Å². The number of ether oxygens (including phenoxy) is 1. The molecule has 118 valence electrons. The van der Waals surface area contributed by atoms with E-state index in [0.29, 0.717) is 22.5 Å². The van der Waals surface area contributed by atoms with Crippen LogP contribution in [0.1, 0.15) is 24.8 Å². The summed E-state index contributed by atoms with van der Waals surface area (Å²) in [4.78, 5) is 2.54. The molecule has 0 saturated carbocycles. The average Bonchev–Trinajstić information content (AvgIpc) is 3.02. The number of nitrogens with one attached hydrogen (secondary N) is 1. The smallest absolute Gasteiger partial charge is 0.101 e. The second-order valence-corrected chi connectivity index (χ2v) is 6.69. The lowest BCUT2D eigenvalue weighted by Gasteiger charge is -2.34. The van der Waals surface area contributed by atoms with Gasteiger partial charge in [-0.15, -0.1) is 0 Å². The van der Waals surface area contributed by atoms with Gasteiger partial charge in [-0.2, -0.15) is 5.26 Å². The van der Waals surface area contributed by atoms with Gasteiger partial charge < -0.3 is 15.0 Å². The fourth-order valence-electron chi connectivity index (χ4n) is 3.31. The predicted molar refractivity (Wildman–Crippen MR) is 88.2 cm³/mol. The van der Waals surface area contributed by atoms with Gasteiger partial charge in [0.25, 0.3) is 0 Å². The summed E-state index contributed by atoms with van der Waals surface area (Å²) in [7, 11) is 0. The molecule has 1 N–H and O–H groups in total. The molecule has 3 rings (SSSR count). The van der Waals surface area contributed by atoms with Crippen LogP contribution in [0.15, 0.2) is 18.2 Å². The first kappa shape index (κ1) is 15.6. The van der Waals surface area contributed by atoms with Crippen LogP contribution in [0.2, 0.25) is 5.02 Å². The van der Waals surface area contributed by atoms with Crippen molar-refractivity contribution in [3.63, 3.8) is 0 Å². The van der Waals surface area contributed by atoms with Gasteiger partial charge in [0.2, 0.25) is 0 Å². The van der Waals surface area contributed by atoms with E-state index >= 15 is 0 Å². The first-order chi connectivity index (χ1) is 10.7. The van der Waals surface area contributed by atoms with Crippen LogP contribution in [0.25, 0.3) is 0 Å². The normalized spacial score (nSPS) is 23.4. The highest BCUT2D eigenvalue weighted by Gasteiger charge is 2.24. The van der Waals surface area contributed by atoms with Gasteiger partial charge in [-0.05, 0) is 43.4 Å². The molecule has 4 nitrogen and oxygen atoms in total. The largest absolute Gasteiger partial charge is 0.381 e. The molecule has 1 unspecified atom stereocenters. The van der Waals surface area contributed by atoms with Gasteiger partial charge in [0.1, 0.15) is 6.07 Å². The summed E-state index contributed by atoms with van der Waals surface area (Å²) < 4.78 is 5.45. The SMILES string of the molecule is N#Cc1ccc(Cl)cc1NC1CCN(CC2CCOC2)CC1. The molecular weight excluding hydrogens is 298 g/mol. The molecule has 5 heteroatoms. The van der Waals surface area contributed by atoms with E-state index in [2.05, 4.69) is 16.3 Å². The third-order valence-electron chi connectivity index (χ3n) is 4.59. The summed E-state index contributed by atoms with van der Waals surface area (Å²) in [6.07, 6.45) is 3.40. The number of rotatable bonds is 4. The summed E-state index contributed by atoms with van der Waals surface area (Å²) in [5.74, 6) is 0.711. The van der Waals surface area contributed by atoms with Crippen molar-refractivity contribution in [2.24, 2.45) is 5.92 Å². The quantitative estimate of drug-likeness (QED) is 0.926. The van der Waals surface area contributed by atoms with Crippen molar-refractivity contribution >= 4 is 17.3 Å². The molecule has 2 fully saturated rings. The highest BCUT2D eigenvalue weighted by molar-refractivity contribution is 6.30. The zero-order chi connectivity index (χ0) is 15.4. The predicted octanol–water partition coefficient (Wildman–Crippen LogP) is 3.12.